The van der Waals surface area contributed by atoms with Crippen LogP contribution in [0.2, 0.25) is 0 Å². The Bertz CT molecular complexity index is 306. The van der Waals surface area contributed by atoms with Crippen LogP contribution < -0.4 is 5.32 Å². The fourth-order valence-corrected chi connectivity index (χ4v) is 1.47. The standard InChI is InChI=1S/C11H17FN2S/c1-8(15-3)5-14-9(2)10-4-11(12)7-13-6-10/h4,6-9,14H,5H2,1-3H3. The van der Waals surface area contributed by atoms with Crippen LogP contribution in [0.25, 0.3) is 0 Å². The maximum absolute atomic E-state index is 12.9. The summed E-state index contributed by atoms with van der Waals surface area (Å²) in [6.07, 6.45) is 5.01. The van der Waals surface area contributed by atoms with Gasteiger partial charge in [0.15, 0.2) is 0 Å². The van der Waals surface area contributed by atoms with Crippen LogP contribution >= 0.6 is 11.8 Å². The van der Waals surface area contributed by atoms with Crippen molar-refractivity contribution in [3.63, 3.8) is 0 Å². The molecule has 0 aromatic carbocycles. The topological polar surface area (TPSA) is 24.9 Å². The van der Waals surface area contributed by atoms with Gasteiger partial charge in [-0.2, -0.15) is 11.8 Å². The van der Waals surface area contributed by atoms with Crippen molar-refractivity contribution in [2.45, 2.75) is 25.1 Å². The Morgan fingerprint density at radius 1 is 1.47 bits per heavy atom. The molecule has 4 heteroatoms. The molecule has 0 aliphatic carbocycles. The zero-order valence-corrected chi connectivity index (χ0v) is 10.1. The van der Waals surface area contributed by atoms with E-state index in [2.05, 4.69) is 23.5 Å². The number of nitrogens with zero attached hydrogens (tertiary/aromatic N) is 1. The van der Waals surface area contributed by atoms with Crippen molar-refractivity contribution in [3.8, 4) is 0 Å². The van der Waals surface area contributed by atoms with Crippen LogP contribution in [0.15, 0.2) is 18.5 Å². The van der Waals surface area contributed by atoms with Crippen LogP contribution in [0, 0.1) is 5.82 Å². The van der Waals surface area contributed by atoms with Crippen molar-refractivity contribution in [3.05, 3.63) is 29.8 Å². The van der Waals surface area contributed by atoms with Gasteiger partial charge in [0.1, 0.15) is 5.82 Å². The van der Waals surface area contributed by atoms with E-state index in [0.717, 1.165) is 12.1 Å². The molecule has 0 saturated carbocycles. The Kier molecular flexibility index (Phi) is 5.05. The van der Waals surface area contributed by atoms with Crippen LogP contribution in [-0.4, -0.2) is 23.0 Å². The monoisotopic (exact) mass is 228 g/mol. The molecule has 1 rings (SSSR count). The molecule has 0 aliphatic heterocycles. The van der Waals surface area contributed by atoms with Crippen molar-refractivity contribution in [1.29, 1.82) is 0 Å². The molecule has 15 heavy (non-hydrogen) atoms. The quantitative estimate of drug-likeness (QED) is 0.838. The maximum atomic E-state index is 12.9. The first-order valence-electron chi connectivity index (χ1n) is 5.00. The van der Waals surface area contributed by atoms with E-state index in [1.807, 2.05) is 18.7 Å². The van der Waals surface area contributed by atoms with Gasteiger partial charge >= 0.3 is 0 Å². The van der Waals surface area contributed by atoms with Gasteiger partial charge in [-0.05, 0) is 24.8 Å². The fourth-order valence-electron chi connectivity index (χ4n) is 1.21. The van der Waals surface area contributed by atoms with Crippen molar-refractivity contribution < 1.29 is 4.39 Å². The van der Waals surface area contributed by atoms with E-state index in [-0.39, 0.29) is 11.9 Å². The molecule has 0 saturated heterocycles. The van der Waals surface area contributed by atoms with Crippen molar-refractivity contribution >= 4 is 11.8 Å². The molecule has 1 aromatic heterocycles. The lowest BCUT2D eigenvalue weighted by molar-refractivity contribution is 0.562. The second kappa shape index (κ2) is 6.08. The Morgan fingerprint density at radius 2 is 2.20 bits per heavy atom. The van der Waals surface area contributed by atoms with E-state index in [0.29, 0.717) is 5.25 Å². The maximum Gasteiger partial charge on any atom is 0.141 e. The minimum absolute atomic E-state index is 0.141. The lowest BCUT2D eigenvalue weighted by Gasteiger charge is -2.16. The molecule has 0 spiro atoms. The van der Waals surface area contributed by atoms with Crippen molar-refractivity contribution in [2.75, 3.05) is 12.8 Å². The minimum Gasteiger partial charge on any atom is -0.309 e. The minimum atomic E-state index is -0.279. The van der Waals surface area contributed by atoms with E-state index in [4.69, 9.17) is 0 Å². The van der Waals surface area contributed by atoms with E-state index in [1.54, 1.807) is 6.20 Å². The molecule has 0 amide bonds. The molecular weight excluding hydrogens is 211 g/mol. The first-order valence-corrected chi connectivity index (χ1v) is 6.29. The summed E-state index contributed by atoms with van der Waals surface area (Å²) in [5, 5.41) is 3.91. The molecule has 2 atom stereocenters. The highest BCUT2D eigenvalue weighted by molar-refractivity contribution is 7.99. The predicted octanol–water partition coefficient (Wildman–Crippen LogP) is 2.62. The van der Waals surface area contributed by atoms with E-state index in [9.17, 15) is 4.39 Å². The molecule has 1 aromatic rings. The summed E-state index contributed by atoms with van der Waals surface area (Å²) in [5.74, 6) is -0.279. The number of rotatable bonds is 5. The third-order valence-electron chi connectivity index (χ3n) is 2.34. The Hall–Kier alpha value is -0.610. The molecule has 0 aliphatic rings. The zero-order valence-electron chi connectivity index (χ0n) is 9.33. The molecule has 0 radical (unpaired) electrons. The molecule has 0 bridgehead atoms. The normalized spacial score (nSPS) is 14.9. The van der Waals surface area contributed by atoms with Gasteiger partial charge in [0.25, 0.3) is 0 Å². The summed E-state index contributed by atoms with van der Waals surface area (Å²) in [5.41, 5.74) is 0.892. The summed E-state index contributed by atoms with van der Waals surface area (Å²) in [6.45, 7) is 5.09. The van der Waals surface area contributed by atoms with Gasteiger partial charge in [0.2, 0.25) is 0 Å². The number of thioether (sulfide) groups is 1. The van der Waals surface area contributed by atoms with Gasteiger partial charge in [-0.25, -0.2) is 4.39 Å². The van der Waals surface area contributed by atoms with Crippen LogP contribution in [0.4, 0.5) is 4.39 Å². The third-order valence-corrected chi connectivity index (χ3v) is 3.31. The van der Waals surface area contributed by atoms with Crippen LogP contribution in [-0.2, 0) is 0 Å². The van der Waals surface area contributed by atoms with Crippen molar-refractivity contribution in [1.82, 2.24) is 10.3 Å². The lowest BCUT2D eigenvalue weighted by atomic mass is 10.1. The molecule has 1 N–H and O–H groups in total. The summed E-state index contributed by atoms with van der Waals surface area (Å²) in [4.78, 5) is 3.83. The summed E-state index contributed by atoms with van der Waals surface area (Å²) >= 11 is 1.81. The molecule has 84 valence electrons. The van der Waals surface area contributed by atoms with Crippen molar-refractivity contribution in [2.24, 2.45) is 0 Å². The van der Waals surface area contributed by atoms with Gasteiger partial charge in [0.05, 0.1) is 6.20 Å². The number of hydrogen-bond acceptors (Lipinski definition) is 3. The summed E-state index contributed by atoms with van der Waals surface area (Å²) in [6, 6.07) is 1.66. The molecule has 1 heterocycles. The zero-order chi connectivity index (χ0) is 11.3. The second-order valence-electron chi connectivity index (χ2n) is 3.61. The first kappa shape index (κ1) is 12.5. The average molecular weight is 228 g/mol. The highest BCUT2D eigenvalue weighted by atomic mass is 32.2. The SMILES string of the molecule is CSC(C)CNC(C)c1cncc(F)c1. The predicted molar refractivity (Wildman–Crippen MR) is 63.6 cm³/mol. The number of nitrogens with one attached hydrogen (secondary N) is 1. The highest BCUT2D eigenvalue weighted by Crippen LogP contribution is 2.13. The number of hydrogen-bond donors (Lipinski definition) is 1. The van der Waals surface area contributed by atoms with Gasteiger partial charge in [-0.15, -0.1) is 0 Å². The van der Waals surface area contributed by atoms with Gasteiger partial charge in [0, 0.05) is 24.0 Å². The number of halogens is 1. The highest BCUT2D eigenvalue weighted by Gasteiger charge is 2.07. The molecule has 0 fully saturated rings. The molecule has 2 unspecified atom stereocenters. The van der Waals surface area contributed by atoms with Crippen LogP contribution in [0.3, 0.4) is 0 Å². The Morgan fingerprint density at radius 3 is 2.80 bits per heavy atom. The average Bonchev–Trinajstić information content (AvgIpc) is 2.25. The molecule has 2 nitrogen and oxygen atoms in total. The van der Waals surface area contributed by atoms with Crippen LogP contribution in [0.5, 0.6) is 0 Å². The Balaban J connectivity index is 2.50. The van der Waals surface area contributed by atoms with Gasteiger partial charge in [-0.3, -0.25) is 4.98 Å². The van der Waals surface area contributed by atoms with Crippen LogP contribution in [0.1, 0.15) is 25.5 Å². The number of pyridine rings is 1. The smallest absolute Gasteiger partial charge is 0.141 e. The van der Waals surface area contributed by atoms with Gasteiger partial charge < -0.3 is 5.32 Å². The lowest BCUT2D eigenvalue weighted by Crippen LogP contribution is -2.25. The largest absolute Gasteiger partial charge is 0.309 e. The van der Waals surface area contributed by atoms with Gasteiger partial charge in [-0.1, -0.05) is 6.92 Å². The summed E-state index contributed by atoms with van der Waals surface area (Å²) < 4.78 is 12.9. The fraction of sp³-hybridized carbons (Fsp3) is 0.545. The van der Waals surface area contributed by atoms with E-state index in [1.165, 1.54) is 12.3 Å². The number of aromatic nitrogens is 1. The first-order chi connectivity index (χ1) is 7.13. The second-order valence-corrected chi connectivity index (χ2v) is 4.89. The summed E-state index contributed by atoms with van der Waals surface area (Å²) in [7, 11) is 0. The van der Waals surface area contributed by atoms with E-state index >= 15 is 0 Å². The third kappa shape index (κ3) is 4.18. The Labute approximate surface area is 94.7 Å². The van der Waals surface area contributed by atoms with E-state index < -0.39 is 0 Å². The molecular formula is C11H17FN2S.